The largest absolute Gasteiger partial charge is 0.462 e. The van der Waals surface area contributed by atoms with E-state index in [1.54, 1.807) is 0 Å². The number of unbranched alkanes of at least 4 members (excludes halogenated alkanes) is 20. The first-order valence-corrected chi connectivity index (χ1v) is 27.4. The smallest absolute Gasteiger partial charge is 0.306 e. The molecule has 0 aromatic heterocycles. The van der Waals surface area contributed by atoms with Gasteiger partial charge in [-0.1, -0.05) is 226 Å². The highest BCUT2D eigenvalue weighted by Gasteiger charge is 2.19. The van der Waals surface area contributed by atoms with Gasteiger partial charge in [0.2, 0.25) is 0 Å². The van der Waals surface area contributed by atoms with Gasteiger partial charge in [0.15, 0.2) is 6.10 Å². The van der Waals surface area contributed by atoms with Crippen molar-refractivity contribution in [2.45, 2.75) is 245 Å². The van der Waals surface area contributed by atoms with Crippen LogP contribution in [-0.2, 0) is 28.6 Å². The monoisotopic (exact) mass is 929 g/mol. The van der Waals surface area contributed by atoms with Crippen molar-refractivity contribution < 1.29 is 28.6 Å². The summed E-state index contributed by atoms with van der Waals surface area (Å²) in [4.78, 5) is 38.0. The Morgan fingerprint density at radius 1 is 0.328 bits per heavy atom. The molecule has 0 aromatic rings. The van der Waals surface area contributed by atoms with E-state index in [-0.39, 0.29) is 37.5 Å². The topological polar surface area (TPSA) is 78.9 Å². The Balaban J connectivity index is 4.49. The van der Waals surface area contributed by atoms with E-state index in [1.807, 2.05) is 12.2 Å². The van der Waals surface area contributed by atoms with Gasteiger partial charge in [-0.05, 0) is 103 Å². The quantitative estimate of drug-likeness (QED) is 0.0199. The van der Waals surface area contributed by atoms with Crippen molar-refractivity contribution in [3.63, 3.8) is 0 Å². The fraction of sp³-hybridized carbons (Fsp3) is 0.656. The second-order valence-electron chi connectivity index (χ2n) is 17.8. The van der Waals surface area contributed by atoms with Crippen LogP contribution in [0.3, 0.4) is 0 Å². The lowest BCUT2D eigenvalue weighted by Gasteiger charge is -2.18. The first-order valence-electron chi connectivity index (χ1n) is 27.4. The van der Waals surface area contributed by atoms with Crippen molar-refractivity contribution in [3.05, 3.63) is 109 Å². The zero-order valence-corrected chi connectivity index (χ0v) is 43.4. The number of hydrogen-bond donors (Lipinski definition) is 0. The van der Waals surface area contributed by atoms with E-state index in [0.29, 0.717) is 19.3 Å². The van der Waals surface area contributed by atoms with Crippen molar-refractivity contribution in [1.82, 2.24) is 0 Å². The maximum absolute atomic E-state index is 12.8. The van der Waals surface area contributed by atoms with Gasteiger partial charge in [-0.25, -0.2) is 0 Å². The molecule has 1 atom stereocenters. The van der Waals surface area contributed by atoms with Crippen molar-refractivity contribution in [3.8, 4) is 0 Å². The molecule has 0 aromatic carbocycles. The van der Waals surface area contributed by atoms with Crippen molar-refractivity contribution in [2.75, 3.05) is 13.2 Å². The van der Waals surface area contributed by atoms with Gasteiger partial charge in [-0.3, -0.25) is 14.4 Å². The third-order valence-corrected chi connectivity index (χ3v) is 11.3. The molecule has 0 radical (unpaired) electrons. The van der Waals surface area contributed by atoms with Crippen molar-refractivity contribution in [1.29, 1.82) is 0 Å². The van der Waals surface area contributed by atoms with E-state index < -0.39 is 6.10 Å². The molecule has 0 heterocycles. The molecular formula is C61H100O6. The number of carbonyl (C=O) groups is 3. The van der Waals surface area contributed by atoms with Gasteiger partial charge in [0.25, 0.3) is 0 Å². The van der Waals surface area contributed by atoms with Gasteiger partial charge in [-0.15, -0.1) is 0 Å². The van der Waals surface area contributed by atoms with Crippen LogP contribution >= 0.6 is 0 Å². The molecule has 1 unspecified atom stereocenters. The van der Waals surface area contributed by atoms with E-state index in [1.165, 1.54) is 103 Å². The zero-order valence-electron chi connectivity index (χ0n) is 43.4. The van der Waals surface area contributed by atoms with Crippen LogP contribution in [0, 0.1) is 0 Å². The molecule has 0 spiro atoms. The summed E-state index contributed by atoms with van der Waals surface area (Å²) in [6.45, 7) is 6.37. The molecule has 0 amide bonds. The predicted molar refractivity (Wildman–Crippen MR) is 288 cm³/mol. The Morgan fingerprint density at radius 3 is 1.15 bits per heavy atom. The summed E-state index contributed by atoms with van der Waals surface area (Å²) in [6, 6.07) is 0. The third-order valence-electron chi connectivity index (χ3n) is 11.3. The Labute approximate surface area is 412 Å². The Kier molecular flexibility index (Phi) is 51.5. The van der Waals surface area contributed by atoms with Gasteiger partial charge in [0.1, 0.15) is 13.2 Å². The number of rotatable bonds is 48. The fourth-order valence-electron chi connectivity index (χ4n) is 7.14. The molecule has 0 aliphatic heterocycles. The molecule has 380 valence electrons. The van der Waals surface area contributed by atoms with Crippen molar-refractivity contribution >= 4 is 17.9 Å². The lowest BCUT2D eigenvalue weighted by atomic mass is 10.1. The standard InChI is InChI=1S/C61H100O6/c1-4-7-10-13-16-19-22-24-26-28-30-32-34-36-39-42-45-48-51-54-60(63)66-57-58(56-65-59(62)53-50-47-44-41-38-21-18-15-12-9-6-3)67-61(64)55-52-49-46-43-40-37-35-33-31-29-27-25-23-20-17-14-11-8-5-2/h7,10,15-16,18-19,21,24,26,29-32,36,38-39,45,48,58H,4-6,8-9,11-14,17,20,22-23,25,27-28,33-35,37,40-44,46-47,49-57H2,1-3H3/b10-7-,18-15-,19-16-,26-24-,31-29-,32-30-,38-21-,39-36-,48-45-. The first kappa shape index (κ1) is 63.1. The molecule has 6 nitrogen and oxygen atoms in total. The minimum Gasteiger partial charge on any atom is -0.462 e. The Hall–Kier alpha value is -3.93. The third kappa shape index (κ3) is 52.9. The van der Waals surface area contributed by atoms with E-state index in [0.717, 1.165) is 89.9 Å². The molecule has 0 aliphatic rings. The van der Waals surface area contributed by atoms with Crippen LogP contribution < -0.4 is 0 Å². The van der Waals surface area contributed by atoms with E-state index in [9.17, 15) is 14.4 Å². The van der Waals surface area contributed by atoms with Gasteiger partial charge >= 0.3 is 17.9 Å². The first-order chi connectivity index (χ1) is 33.0. The predicted octanol–water partition coefficient (Wildman–Crippen LogP) is 18.3. The fourth-order valence-corrected chi connectivity index (χ4v) is 7.14. The molecule has 0 N–H and O–H groups in total. The summed E-state index contributed by atoms with van der Waals surface area (Å²) in [5, 5.41) is 0. The van der Waals surface area contributed by atoms with Crippen LogP contribution in [0.25, 0.3) is 0 Å². The molecule has 0 fully saturated rings. The van der Waals surface area contributed by atoms with Crippen LogP contribution in [0.1, 0.15) is 239 Å². The molecule has 0 saturated carbocycles. The van der Waals surface area contributed by atoms with Crippen LogP contribution in [0.4, 0.5) is 0 Å². The minimum atomic E-state index is -0.823. The number of allylic oxidation sites excluding steroid dienone is 18. The zero-order chi connectivity index (χ0) is 48.6. The summed E-state index contributed by atoms with van der Waals surface area (Å²) in [5.41, 5.74) is 0. The lowest BCUT2D eigenvalue weighted by molar-refractivity contribution is -0.166. The van der Waals surface area contributed by atoms with Crippen LogP contribution in [0.5, 0.6) is 0 Å². The summed E-state index contributed by atoms with van der Waals surface area (Å²) >= 11 is 0. The number of esters is 3. The van der Waals surface area contributed by atoms with Crippen LogP contribution in [0.2, 0.25) is 0 Å². The summed E-state index contributed by atoms with van der Waals surface area (Å²) in [6.07, 6.45) is 73.8. The van der Waals surface area contributed by atoms with E-state index in [4.69, 9.17) is 14.2 Å². The highest BCUT2D eigenvalue weighted by molar-refractivity contribution is 5.71. The lowest BCUT2D eigenvalue weighted by Crippen LogP contribution is -2.30. The van der Waals surface area contributed by atoms with Gasteiger partial charge in [0.05, 0.1) is 0 Å². The number of hydrogen-bond acceptors (Lipinski definition) is 6. The summed E-state index contributed by atoms with van der Waals surface area (Å²) in [5.74, 6) is -1.04. The molecule has 0 rings (SSSR count). The van der Waals surface area contributed by atoms with Crippen LogP contribution in [0.15, 0.2) is 109 Å². The average molecular weight is 929 g/mol. The average Bonchev–Trinajstić information content (AvgIpc) is 3.33. The molecule has 6 heteroatoms. The maximum Gasteiger partial charge on any atom is 0.306 e. The second-order valence-corrected chi connectivity index (χ2v) is 17.8. The van der Waals surface area contributed by atoms with Gasteiger partial charge < -0.3 is 14.2 Å². The molecule has 0 saturated heterocycles. The number of carbonyl (C=O) groups excluding carboxylic acids is 3. The molecule has 0 bridgehead atoms. The Morgan fingerprint density at radius 2 is 0.672 bits per heavy atom. The summed E-state index contributed by atoms with van der Waals surface area (Å²) < 4.78 is 16.7. The van der Waals surface area contributed by atoms with Gasteiger partial charge in [0, 0.05) is 19.3 Å². The normalized spacial score (nSPS) is 12.9. The maximum atomic E-state index is 12.8. The van der Waals surface area contributed by atoms with Crippen molar-refractivity contribution in [2.24, 2.45) is 0 Å². The minimum absolute atomic E-state index is 0.119. The molecular weight excluding hydrogens is 829 g/mol. The van der Waals surface area contributed by atoms with Gasteiger partial charge in [-0.2, -0.15) is 0 Å². The SMILES string of the molecule is CC/C=C\C/C=C\C/C=C\C/C=C\C/C=C\C/C=C\CCC(=O)OCC(COC(=O)CCCCC/C=C\C=C/CCCC)OC(=O)CCCCCCCCC/C=C\CCCCCCCCCC. The highest BCUT2D eigenvalue weighted by Crippen LogP contribution is 2.14. The second kappa shape index (κ2) is 54.7. The van der Waals surface area contributed by atoms with Crippen LogP contribution in [-0.4, -0.2) is 37.2 Å². The summed E-state index contributed by atoms with van der Waals surface area (Å²) in [7, 11) is 0. The number of ether oxygens (including phenoxy) is 3. The van der Waals surface area contributed by atoms with E-state index in [2.05, 4.69) is 118 Å². The van der Waals surface area contributed by atoms with E-state index >= 15 is 0 Å². The molecule has 0 aliphatic carbocycles. The highest BCUT2D eigenvalue weighted by atomic mass is 16.6. The Bertz CT molecular complexity index is 1390. The molecule has 67 heavy (non-hydrogen) atoms.